The van der Waals surface area contributed by atoms with Gasteiger partial charge in [0.05, 0.1) is 42.5 Å². The first-order chi connectivity index (χ1) is 13.6. The Balaban J connectivity index is 1.60. The van der Waals surface area contributed by atoms with Crippen molar-refractivity contribution in [1.29, 1.82) is 0 Å². The summed E-state index contributed by atoms with van der Waals surface area (Å²) < 4.78 is 5.21. The predicted octanol–water partition coefficient (Wildman–Crippen LogP) is 3.44. The molecule has 0 fully saturated rings. The monoisotopic (exact) mass is 371 g/mol. The Hall–Kier alpha value is -3.87. The summed E-state index contributed by atoms with van der Waals surface area (Å²) in [6, 6.07) is 13.3. The second-order valence-corrected chi connectivity index (χ2v) is 6.64. The van der Waals surface area contributed by atoms with Crippen LogP contribution in [-0.2, 0) is 11.2 Å². The SMILES string of the molecule is COc1ccc(-c2cnc3c(n2)N(c2ccc4[nH]ccc4c2)C(=O)C3)cc1N. The van der Waals surface area contributed by atoms with Crippen LogP contribution >= 0.6 is 0 Å². The van der Waals surface area contributed by atoms with Crippen LogP contribution in [0, 0.1) is 0 Å². The number of methoxy groups -OCH3 is 1. The molecule has 0 saturated heterocycles. The molecule has 0 unspecified atom stereocenters. The van der Waals surface area contributed by atoms with E-state index in [0.29, 0.717) is 28.6 Å². The molecule has 1 aliphatic heterocycles. The van der Waals surface area contributed by atoms with Gasteiger partial charge in [0, 0.05) is 22.7 Å². The van der Waals surface area contributed by atoms with Gasteiger partial charge in [-0.3, -0.25) is 14.7 Å². The number of benzene rings is 2. The lowest BCUT2D eigenvalue weighted by molar-refractivity contribution is -0.116. The van der Waals surface area contributed by atoms with E-state index >= 15 is 0 Å². The maximum absolute atomic E-state index is 12.7. The first-order valence-corrected chi connectivity index (χ1v) is 8.84. The highest BCUT2D eigenvalue weighted by Gasteiger charge is 2.32. The van der Waals surface area contributed by atoms with Crippen LogP contribution in [0.15, 0.2) is 54.9 Å². The van der Waals surface area contributed by atoms with Crippen LogP contribution in [0.5, 0.6) is 5.75 Å². The van der Waals surface area contributed by atoms with Crippen molar-refractivity contribution in [1.82, 2.24) is 15.0 Å². The number of aromatic amines is 1. The normalized spacial score (nSPS) is 13.2. The van der Waals surface area contributed by atoms with Crippen LogP contribution in [0.3, 0.4) is 0 Å². The molecule has 0 aliphatic carbocycles. The molecule has 0 bridgehead atoms. The first kappa shape index (κ1) is 16.3. The molecule has 0 atom stereocenters. The number of hydrogen-bond donors (Lipinski definition) is 2. The number of carbonyl (C=O) groups excluding carboxylic acids is 1. The van der Waals surface area contributed by atoms with Gasteiger partial charge >= 0.3 is 0 Å². The molecule has 7 nitrogen and oxygen atoms in total. The summed E-state index contributed by atoms with van der Waals surface area (Å²) in [7, 11) is 1.57. The Bertz CT molecular complexity index is 1230. The number of ether oxygens (including phenoxy) is 1. The van der Waals surface area contributed by atoms with Gasteiger partial charge in [0.2, 0.25) is 5.91 Å². The molecule has 138 valence electrons. The fourth-order valence-electron chi connectivity index (χ4n) is 3.53. The minimum Gasteiger partial charge on any atom is -0.495 e. The smallest absolute Gasteiger partial charge is 0.238 e. The van der Waals surface area contributed by atoms with Crippen molar-refractivity contribution in [2.75, 3.05) is 17.7 Å². The van der Waals surface area contributed by atoms with E-state index in [1.165, 1.54) is 0 Å². The quantitative estimate of drug-likeness (QED) is 0.538. The number of fused-ring (bicyclic) bond motifs is 2. The minimum absolute atomic E-state index is 0.0451. The Morgan fingerprint density at radius 3 is 2.89 bits per heavy atom. The molecule has 2 aromatic heterocycles. The third-order valence-electron chi connectivity index (χ3n) is 4.93. The number of nitrogen functional groups attached to an aromatic ring is 1. The van der Waals surface area contributed by atoms with Crippen molar-refractivity contribution < 1.29 is 9.53 Å². The lowest BCUT2D eigenvalue weighted by Crippen LogP contribution is -2.21. The van der Waals surface area contributed by atoms with Crippen LogP contribution in [-0.4, -0.2) is 28.0 Å². The van der Waals surface area contributed by atoms with Crippen molar-refractivity contribution >= 4 is 34.0 Å². The van der Waals surface area contributed by atoms with Crippen molar-refractivity contribution in [3.8, 4) is 17.0 Å². The Morgan fingerprint density at radius 1 is 1.18 bits per heavy atom. The van der Waals surface area contributed by atoms with E-state index in [1.54, 1.807) is 30.3 Å². The fourth-order valence-corrected chi connectivity index (χ4v) is 3.53. The van der Waals surface area contributed by atoms with E-state index in [1.807, 2.05) is 36.5 Å². The summed E-state index contributed by atoms with van der Waals surface area (Å²) in [6.07, 6.45) is 3.78. The van der Waals surface area contributed by atoms with E-state index < -0.39 is 0 Å². The number of nitrogens with zero attached hydrogens (tertiary/aromatic N) is 3. The number of H-pyrrole nitrogens is 1. The second kappa shape index (κ2) is 6.09. The summed E-state index contributed by atoms with van der Waals surface area (Å²) in [4.78, 5) is 26.7. The van der Waals surface area contributed by atoms with Gasteiger partial charge in [-0.05, 0) is 42.5 Å². The van der Waals surface area contributed by atoms with Crippen LogP contribution in [0.2, 0.25) is 0 Å². The highest BCUT2D eigenvalue weighted by Crippen LogP contribution is 2.36. The van der Waals surface area contributed by atoms with Gasteiger partial charge in [-0.2, -0.15) is 0 Å². The zero-order valence-corrected chi connectivity index (χ0v) is 15.1. The van der Waals surface area contributed by atoms with Crippen molar-refractivity contribution in [3.05, 3.63) is 60.6 Å². The third-order valence-corrected chi connectivity index (χ3v) is 4.93. The summed E-state index contributed by atoms with van der Waals surface area (Å²) in [6.45, 7) is 0. The van der Waals surface area contributed by atoms with Crippen molar-refractivity contribution in [3.63, 3.8) is 0 Å². The topological polar surface area (TPSA) is 97.1 Å². The molecular weight excluding hydrogens is 354 g/mol. The van der Waals surface area contributed by atoms with Gasteiger partial charge in [0.1, 0.15) is 5.75 Å². The number of anilines is 3. The molecule has 0 saturated carbocycles. The maximum Gasteiger partial charge on any atom is 0.238 e. The van der Waals surface area contributed by atoms with Gasteiger partial charge in [-0.15, -0.1) is 0 Å². The van der Waals surface area contributed by atoms with E-state index in [2.05, 4.69) is 9.97 Å². The zero-order chi connectivity index (χ0) is 19.3. The van der Waals surface area contributed by atoms with Crippen LogP contribution in [0.1, 0.15) is 5.69 Å². The summed E-state index contributed by atoms with van der Waals surface area (Å²) in [5.41, 5.74) is 10.5. The summed E-state index contributed by atoms with van der Waals surface area (Å²) >= 11 is 0. The standard InChI is InChI=1S/C21H17N5O2/c1-28-19-5-2-12(9-15(19)22)18-11-24-17-10-20(27)26(21(17)25-18)14-3-4-16-13(8-14)6-7-23-16/h2-9,11,23H,10,22H2,1H3. The molecular formula is C21H17N5O2. The number of aromatic nitrogens is 3. The Kier molecular flexibility index (Phi) is 3.55. The molecule has 0 radical (unpaired) electrons. The number of amides is 1. The van der Waals surface area contributed by atoms with Gasteiger partial charge in [-0.1, -0.05) is 0 Å². The van der Waals surface area contributed by atoms with Gasteiger partial charge in [-0.25, -0.2) is 4.98 Å². The summed E-state index contributed by atoms with van der Waals surface area (Å²) in [5.74, 6) is 1.12. The van der Waals surface area contributed by atoms with Crippen LogP contribution in [0.25, 0.3) is 22.2 Å². The maximum atomic E-state index is 12.7. The average Bonchev–Trinajstić information content (AvgIpc) is 3.29. The van der Waals surface area contributed by atoms with E-state index in [-0.39, 0.29) is 12.3 Å². The Labute approximate surface area is 160 Å². The number of carbonyl (C=O) groups is 1. The van der Waals surface area contributed by atoms with Gasteiger partial charge in [0.15, 0.2) is 5.82 Å². The third kappa shape index (κ3) is 2.48. The lowest BCUT2D eigenvalue weighted by Gasteiger charge is -2.17. The molecule has 2 aromatic carbocycles. The number of rotatable bonds is 3. The van der Waals surface area contributed by atoms with Crippen molar-refractivity contribution in [2.24, 2.45) is 0 Å². The minimum atomic E-state index is -0.0451. The predicted molar refractivity (Wildman–Crippen MR) is 108 cm³/mol. The molecule has 0 spiro atoms. The number of hydrogen-bond acceptors (Lipinski definition) is 5. The average molecular weight is 371 g/mol. The molecule has 7 heteroatoms. The van der Waals surface area contributed by atoms with Gasteiger partial charge < -0.3 is 15.5 Å². The largest absolute Gasteiger partial charge is 0.495 e. The highest BCUT2D eigenvalue weighted by atomic mass is 16.5. The van der Waals surface area contributed by atoms with E-state index in [4.69, 9.17) is 15.5 Å². The molecule has 3 heterocycles. The summed E-state index contributed by atoms with van der Waals surface area (Å²) in [5, 5.41) is 1.03. The zero-order valence-electron chi connectivity index (χ0n) is 15.1. The first-order valence-electron chi connectivity index (χ1n) is 8.84. The van der Waals surface area contributed by atoms with Crippen LogP contribution < -0.4 is 15.4 Å². The Morgan fingerprint density at radius 2 is 2.07 bits per heavy atom. The van der Waals surface area contributed by atoms with E-state index in [9.17, 15) is 4.79 Å². The molecule has 4 aromatic rings. The number of nitrogens with one attached hydrogen (secondary N) is 1. The molecule has 28 heavy (non-hydrogen) atoms. The lowest BCUT2D eigenvalue weighted by atomic mass is 10.1. The molecule has 1 aliphatic rings. The van der Waals surface area contributed by atoms with Crippen LogP contribution in [0.4, 0.5) is 17.2 Å². The number of nitrogens with two attached hydrogens (primary N) is 1. The molecule has 3 N–H and O–H groups in total. The molecule has 1 amide bonds. The second-order valence-electron chi connectivity index (χ2n) is 6.64. The molecule has 5 rings (SSSR count). The van der Waals surface area contributed by atoms with Gasteiger partial charge in [0.25, 0.3) is 0 Å². The van der Waals surface area contributed by atoms with Crippen molar-refractivity contribution in [2.45, 2.75) is 6.42 Å². The highest BCUT2D eigenvalue weighted by molar-refractivity contribution is 6.07. The van der Waals surface area contributed by atoms with E-state index in [0.717, 1.165) is 22.2 Å². The fraction of sp³-hybridized carbons (Fsp3) is 0.0952.